The Labute approximate surface area is 141 Å². The largest absolute Gasteiger partial charge is 0.478 e. The summed E-state index contributed by atoms with van der Waals surface area (Å²) < 4.78 is 5.06. The molecular weight excluding hydrogens is 314 g/mol. The van der Waals surface area contributed by atoms with Gasteiger partial charge in [0.2, 0.25) is 0 Å². The second kappa shape index (κ2) is 8.12. The van der Waals surface area contributed by atoms with Gasteiger partial charge in [-0.15, -0.1) is 0 Å². The summed E-state index contributed by atoms with van der Waals surface area (Å²) in [5, 5.41) is 32.0. The number of amides is 1. The van der Waals surface area contributed by atoms with E-state index < -0.39 is 29.9 Å². The summed E-state index contributed by atoms with van der Waals surface area (Å²) in [4.78, 5) is 22.7. The molecule has 0 saturated carbocycles. The molecule has 1 amide bonds. The smallest absolute Gasteiger partial charge is 0.407 e. The molecule has 0 aromatic heterocycles. The van der Waals surface area contributed by atoms with Crippen molar-refractivity contribution in [2.24, 2.45) is 0 Å². The molecule has 0 bridgehead atoms. The molecule has 7 heteroatoms. The van der Waals surface area contributed by atoms with Gasteiger partial charge in [-0.1, -0.05) is 17.7 Å². The van der Waals surface area contributed by atoms with Crippen LogP contribution in [0.1, 0.15) is 54.8 Å². The molecule has 2 atom stereocenters. The molecule has 0 aliphatic carbocycles. The van der Waals surface area contributed by atoms with Crippen molar-refractivity contribution in [3.8, 4) is 0 Å². The van der Waals surface area contributed by atoms with Gasteiger partial charge >= 0.3 is 12.1 Å². The predicted molar refractivity (Wildman–Crippen MR) is 88.0 cm³/mol. The number of carboxylic acids is 1. The zero-order valence-corrected chi connectivity index (χ0v) is 14.4. The fourth-order valence-electron chi connectivity index (χ4n) is 2.12. The van der Waals surface area contributed by atoms with Crippen LogP contribution in [0.5, 0.6) is 0 Å². The number of nitrogens with one attached hydrogen (secondary N) is 1. The highest BCUT2D eigenvalue weighted by molar-refractivity contribution is 5.89. The quantitative estimate of drug-likeness (QED) is 0.630. The maximum Gasteiger partial charge on any atom is 0.407 e. The average Bonchev–Trinajstić information content (AvgIpc) is 2.43. The number of benzene rings is 1. The summed E-state index contributed by atoms with van der Waals surface area (Å²) in [6.07, 6.45) is -3.16. The zero-order chi connectivity index (χ0) is 18.5. The van der Waals surface area contributed by atoms with Crippen LogP contribution in [-0.4, -0.2) is 45.6 Å². The van der Waals surface area contributed by atoms with E-state index in [9.17, 15) is 24.9 Å². The lowest BCUT2D eigenvalue weighted by molar-refractivity contribution is 0.0115. The summed E-state index contributed by atoms with van der Waals surface area (Å²) in [7, 11) is 0. The number of carboxylic acid groups (broad SMARTS) is 1. The van der Waals surface area contributed by atoms with Gasteiger partial charge in [0.15, 0.2) is 0 Å². The first-order valence-electron chi connectivity index (χ1n) is 7.68. The van der Waals surface area contributed by atoms with E-state index in [-0.39, 0.29) is 24.1 Å². The van der Waals surface area contributed by atoms with Crippen molar-refractivity contribution in [1.82, 2.24) is 5.32 Å². The van der Waals surface area contributed by atoms with Crippen LogP contribution < -0.4 is 5.32 Å². The van der Waals surface area contributed by atoms with E-state index in [0.29, 0.717) is 0 Å². The maximum atomic E-state index is 11.5. The third-order valence-corrected chi connectivity index (χ3v) is 3.23. The van der Waals surface area contributed by atoms with E-state index in [4.69, 9.17) is 4.74 Å². The monoisotopic (exact) mass is 339 g/mol. The number of carbonyl (C=O) groups is 2. The number of rotatable bonds is 6. The SMILES string of the molecule is Cc1ccc(C(=O)O)c(C(O)C(O)CCNC(=O)OC(C)(C)C)c1. The first kappa shape index (κ1) is 19.9. The lowest BCUT2D eigenvalue weighted by atomic mass is 9.95. The van der Waals surface area contributed by atoms with Crippen molar-refractivity contribution in [1.29, 1.82) is 0 Å². The molecule has 0 fully saturated rings. The molecular formula is C17H25NO6. The van der Waals surface area contributed by atoms with Gasteiger partial charge in [-0.3, -0.25) is 0 Å². The second-order valence-corrected chi connectivity index (χ2v) is 6.63. The Morgan fingerprint density at radius 2 is 1.88 bits per heavy atom. The highest BCUT2D eigenvalue weighted by atomic mass is 16.6. The Hall–Kier alpha value is -2.12. The van der Waals surface area contributed by atoms with Crippen LogP contribution in [0.2, 0.25) is 0 Å². The summed E-state index contributed by atoms with van der Waals surface area (Å²) >= 11 is 0. The lowest BCUT2D eigenvalue weighted by Gasteiger charge is -2.22. The van der Waals surface area contributed by atoms with Gasteiger partial charge in [-0.25, -0.2) is 9.59 Å². The Bertz CT molecular complexity index is 593. The third kappa shape index (κ3) is 6.17. The fraction of sp³-hybridized carbons (Fsp3) is 0.529. The van der Waals surface area contributed by atoms with Crippen molar-refractivity contribution in [2.75, 3.05) is 6.54 Å². The number of ether oxygens (including phenoxy) is 1. The lowest BCUT2D eigenvalue weighted by Crippen LogP contribution is -2.34. The van der Waals surface area contributed by atoms with Crippen molar-refractivity contribution in [2.45, 2.75) is 51.9 Å². The van der Waals surface area contributed by atoms with E-state index in [2.05, 4.69) is 5.32 Å². The van der Waals surface area contributed by atoms with Crippen LogP contribution in [0, 0.1) is 6.92 Å². The molecule has 24 heavy (non-hydrogen) atoms. The van der Waals surface area contributed by atoms with Crippen molar-refractivity contribution < 1.29 is 29.6 Å². The molecule has 0 aliphatic heterocycles. The molecule has 1 aromatic carbocycles. The molecule has 134 valence electrons. The second-order valence-electron chi connectivity index (χ2n) is 6.63. The molecule has 0 radical (unpaired) electrons. The third-order valence-electron chi connectivity index (χ3n) is 3.23. The Morgan fingerprint density at radius 1 is 1.25 bits per heavy atom. The van der Waals surface area contributed by atoms with Gasteiger partial charge in [0.1, 0.15) is 11.7 Å². The van der Waals surface area contributed by atoms with Crippen molar-refractivity contribution >= 4 is 12.1 Å². The van der Waals surface area contributed by atoms with E-state index in [1.807, 2.05) is 0 Å². The van der Waals surface area contributed by atoms with Gasteiger partial charge < -0.3 is 25.4 Å². The van der Waals surface area contributed by atoms with E-state index in [1.54, 1.807) is 33.8 Å². The normalized spacial score (nSPS) is 13.9. The van der Waals surface area contributed by atoms with E-state index >= 15 is 0 Å². The first-order chi connectivity index (χ1) is 11.0. The summed E-state index contributed by atoms with van der Waals surface area (Å²) in [6, 6.07) is 4.54. The maximum absolute atomic E-state index is 11.5. The molecule has 1 rings (SSSR count). The van der Waals surface area contributed by atoms with Crippen molar-refractivity contribution in [3.05, 3.63) is 34.9 Å². The van der Waals surface area contributed by atoms with Crippen LogP contribution in [0.25, 0.3) is 0 Å². The minimum absolute atomic E-state index is 0.0490. The van der Waals surface area contributed by atoms with Crippen LogP contribution >= 0.6 is 0 Å². The van der Waals surface area contributed by atoms with E-state index in [0.717, 1.165) is 5.56 Å². The van der Waals surface area contributed by atoms with Gasteiger partial charge in [0.05, 0.1) is 11.7 Å². The van der Waals surface area contributed by atoms with Gasteiger partial charge in [0, 0.05) is 6.54 Å². The molecule has 2 unspecified atom stereocenters. The number of aliphatic hydroxyl groups is 2. The molecule has 0 saturated heterocycles. The topological polar surface area (TPSA) is 116 Å². The van der Waals surface area contributed by atoms with Gasteiger partial charge in [-0.05, 0) is 45.7 Å². The molecule has 4 N–H and O–H groups in total. The molecule has 7 nitrogen and oxygen atoms in total. The molecule has 1 aromatic rings. The minimum Gasteiger partial charge on any atom is -0.478 e. The van der Waals surface area contributed by atoms with Gasteiger partial charge in [-0.2, -0.15) is 0 Å². The minimum atomic E-state index is -1.36. The zero-order valence-electron chi connectivity index (χ0n) is 14.4. The number of hydrogen-bond donors (Lipinski definition) is 4. The summed E-state index contributed by atoms with van der Waals surface area (Å²) in [5.74, 6) is -1.18. The number of aromatic carboxylic acids is 1. The van der Waals surface area contributed by atoms with Crippen LogP contribution in [-0.2, 0) is 4.74 Å². The Kier molecular flexibility index (Phi) is 6.74. The predicted octanol–water partition coefficient (Wildman–Crippen LogP) is 2.00. The Morgan fingerprint density at radius 3 is 2.42 bits per heavy atom. The van der Waals surface area contributed by atoms with Gasteiger partial charge in [0.25, 0.3) is 0 Å². The average molecular weight is 339 g/mol. The number of alkyl carbamates (subject to hydrolysis) is 1. The van der Waals surface area contributed by atoms with Crippen LogP contribution in [0.15, 0.2) is 18.2 Å². The molecule has 0 aliphatic rings. The van der Waals surface area contributed by atoms with E-state index in [1.165, 1.54) is 12.1 Å². The molecule has 0 heterocycles. The number of hydrogen-bond acceptors (Lipinski definition) is 5. The summed E-state index contributed by atoms with van der Waals surface area (Å²) in [5.41, 5.74) is 0.229. The number of carbonyl (C=O) groups excluding carboxylic acids is 1. The fourth-order valence-corrected chi connectivity index (χ4v) is 2.12. The number of aliphatic hydroxyl groups excluding tert-OH is 2. The Balaban J connectivity index is 2.66. The first-order valence-corrected chi connectivity index (χ1v) is 7.68. The molecule has 0 spiro atoms. The van der Waals surface area contributed by atoms with Crippen molar-refractivity contribution in [3.63, 3.8) is 0 Å². The number of aryl methyl sites for hydroxylation is 1. The van der Waals surface area contributed by atoms with Crippen LogP contribution in [0.3, 0.4) is 0 Å². The standard InChI is InChI=1S/C17H25NO6/c1-10-5-6-11(15(21)22)12(9-10)14(20)13(19)7-8-18-16(23)24-17(2,3)4/h5-6,9,13-14,19-20H,7-8H2,1-4H3,(H,18,23)(H,21,22). The highest BCUT2D eigenvalue weighted by Gasteiger charge is 2.24. The summed E-state index contributed by atoms with van der Waals surface area (Å²) in [6.45, 7) is 7.04. The highest BCUT2D eigenvalue weighted by Crippen LogP contribution is 2.24. The van der Waals surface area contributed by atoms with Crippen LogP contribution in [0.4, 0.5) is 4.79 Å².